The Morgan fingerprint density at radius 3 is 2.77 bits per heavy atom. The van der Waals surface area contributed by atoms with Gasteiger partial charge in [0, 0.05) is 19.5 Å². The third kappa shape index (κ3) is 6.02. The van der Waals surface area contributed by atoms with Crippen LogP contribution in [0.2, 0.25) is 0 Å². The van der Waals surface area contributed by atoms with Crippen LogP contribution >= 0.6 is 24.0 Å². The van der Waals surface area contributed by atoms with E-state index in [-0.39, 0.29) is 30.1 Å². The Labute approximate surface area is 151 Å². The van der Waals surface area contributed by atoms with Gasteiger partial charge in [0.25, 0.3) is 0 Å². The summed E-state index contributed by atoms with van der Waals surface area (Å²) in [6.07, 6.45) is 2.25. The van der Waals surface area contributed by atoms with Crippen LogP contribution in [-0.4, -0.2) is 31.7 Å². The normalized spacial score (nSPS) is 16.7. The number of aliphatic imine (C=N–C) groups is 1. The van der Waals surface area contributed by atoms with Crippen molar-refractivity contribution >= 4 is 29.9 Å². The highest BCUT2D eigenvalue weighted by molar-refractivity contribution is 14.0. The minimum atomic E-state index is 0. The summed E-state index contributed by atoms with van der Waals surface area (Å²) in [4.78, 5) is 4.64. The van der Waals surface area contributed by atoms with Gasteiger partial charge in [-0.1, -0.05) is 32.0 Å². The van der Waals surface area contributed by atoms with Crippen LogP contribution in [0.1, 0.15) is 32.8 Å². The van der Waals surface area contributed by atoms with E-state index in [0.717, 1.165) is 37.6 Å². The molecule has 0 spiro atoms. The molecule has 1 aliphatic rings. The minimum absolute atomic E-state index is 0. The highest BCUT2D eigenvalue weighted by Gasteiger charge is 2.21. The van der Waals surface area contributed by atoms with Gasteiger partial charge in [-0.05, 0) is 30.9 Å². The van der Waals surface area contributed by atoms with Gasteiger partial charge in [-0.3, -0.25) is 0 Å². The fraction of sp³-hybridized carbons (Fsp3) is 0.588. The molecule has 0 saturated carbocycles. The highest BCUT2D eigenvalue weighted by atomic mass is 127. The summed E-state index contributed by atoms with van der Waals surface area (Å²) < 4.78 is 5.92. The molecule has 2 N–H and O–H groups in total. The molecular formula is C17H28IN3O. The van der Waals surface area contributed by atoms with E-state index < -0.39 is 0 Å². The average molecular weight is 417 g/mol. The maximum Gasteiger partial charge on any atom is 0.191 e. The fourth-order valence-corrected chi connectivity index (χ4v) is 2.37. The van der Waals surface area contributed by atoms with Crippen molar-refractivity contribution in [1.82, 2.24) is 10.6 Å². The number of nitrogens with one attached hydrogen (secondary N) is 2. The molecule has 0 bridgehead atoms. The van der Waals surface area contributed by atoms with Crippen molar-refractivity contribution in [2.45, 2.75) is 39.7 Å². The first-order chi connectivity index (χ1) is 10.2. The van der Waals surface area contributed by atoms with E-state index in [1.165, 1.54) is 5.56 Å². The Morgan fingerprint density at radius 2 is 2.09 bits per heavy atom. The summed E-state index contributed by atoms with van der Waals surface area (Å²) >= 11 is 0. The third-order valence-electron chi connectivity index (χ3n) is 3.53. The number of benzene rings is 1. The van der Waals surface area contributed by atoms with Crippen LogP contribution in [-0.2, 0) is 6.42 Å². The molecule has 1 atom stereocenters. The van der Waals surface area contributed by atoms with Gasteiger partial charge >= 0.3 is 0 Å². The molecule has 0 saturated heterocycles. The molecule has 1 unspecified atom stereocenters. The second-order valence-corrected chi connectivity index (χ2v) is 5.88. The first-order valence-electron chi connectivity index (χ1n) is 7.95. The molecule has 0 aliphatic carbocycles. The summed E-state index contributed by atoms with van der Waals surface area (Å²) in [5.41, 5.74) is 1.29. The van der Waals surface area contributed by atoms with E-state index in [1.807, 2.05) is 12.1 Å². The second kappa shape index (κ2) is 9.92. The summed E-state index contributed by atoms with van der Waals surface area (Å²) in [5, 5.41) is 6.67. The van der Waals surface area contributed by atoms with Crippen LogP contribution in [0.4, 0.5) is 0 Å². The van der Waals surface area contributed by atoms with Gasteiger partial charge in [-0.25, -0.2) is 4.99 Å². The number of hydrogen-bond acceptors (Lipinski definition) is 2. The maximum atomic E-state index is 5.92. The summed E-state index contributed by atoms with van der Waals surface area (Å²) in [5.74, 6) is 2.60. The van der Waals surface area contributed by atoms with Crippen molar-refractivity contribution in [3.05, 3.63) is 29.8 Å². The number of halogens is 1. The second-order valence-electron chi connectivity index (χ2n) is 5.88. The van der Waals surface area contributed by atoms with E-state index in [9.17, 15) is 0 Å². The quantitative estimate of drug-likeness (QED) is 0.425. The standard InChI is InChI=1S/C17H27N3O.HI/c1-4-18-17(19-10-9-13(2)3)20-12-15-11-14-7-5-6-8-16(14)21-15;/h5-8,13,15H,4,9-12H2,1-3H3,(H2,18,19,20);1H. The third-order valence-corrected chi connectivity index (χ3v) is 3.53. The molecule has 2 rings (SSSR count). The predicted molar refractivity (Wildman–Crippen MR) is 103 cm³/mol. The lowest BCUT2D eigenvalue weighted by Crippen LogP contribution is -2.39. The van der Waals surface area contributed by atoms with Crippen molar-refractivity contribution in [3.63, 3.8) is 0 Å². The van der Waals surface area contributed by atoms with E-state index in [0.29, 0.717) is 12.5 Å². The number of guanidine groups is 1. The van der Waals surface area contributed by atoms with E-state index in [4.69, 9.17) is 4.74 Å². The van der Waals surface area contributed by atoms with E-state index in [2.05, 4.69) is 48.5 Å². The lowest BCUT2D eigenvalue weighted by atomic mass is 10.1. The molecule has 1 heterocycles. The van der Waals surface area contributed by atoms with Crippen molar-refractivity contribution in [3.8, 4) is 5.75 Å². The highest BCUT2D eigenvalue weighted by Crippen LogP contribution is 2.28. The van der Waals surface area contributed by atoms with Crippen LogP contribution in [0.5, 0.6) is 5.75 Å². The topological polar surface area (TPSA) is 45.7 Å². The molecule has 1 aliphatic heterocycles. The summed E-state index contributed by atoms with van der Waals surface area (Å²) in [6, 6.07) is 8.24. The number of rotatable bonds is 6. The predicted octanol–water partition coefficient (Wildman–Crippen LogP) is 3.21. The largest absolute Gasteiger partial charge is 0.488 e. The van der Waals surface area contributed by atoms with Gasteiger partial charge in [-0.2, -0.15) is 0 Å². The molecule has 1 aromatic rings. The van der Waals surface area contributed by atoms with Gasteiger partial charge in [-0.15, -0.1) is 24.0 Å². The van der Waals surface area contributed by atoms with Crippen molar-refractivity contribution in [2.75, 3.05) is 19.6 Å². The van der Waals surface area contributed by atoms with Crippen molar-refractivity contribution in [2.24, 2.45) is 10.9 Å². The molecule has 22 heavy (non-hydrogen) atoms. The van der Waals surface area contributed by atoms with Crippen LogP contribution < -0.4 is 15.4 Å². The van der Waals surface area contributed by atoms with Gasteiger partial charge in [0.1, 0.15) is 11.9 Å². The summed E-state index contributed by atoms with van der Waals surface area (Å²) in [7, 11) is 0. The van der Waals surface area contributed by atoms with E-state index >= 15 is 0 Å². The van der Waals surface area contributed by atoms with Crippen LogP contribution in [0.25, 0.3) is 0 Å². The molecule has 4 nitrogen and oxygen atoms in total. The molecular weight excluding hydrogens is 389 g/mol. The molecule has 1 aromatic carbocycles. The Kier molecular flexibility index (Phi) is 8.60. The van der Waals surface area contributed by atoms with Crippen molar-refractivity contribution in [1.29, 1.82) is 0 Å². The molecule has 0 fully saturated rings. The van der Waals surface area contributed by atoms with E-state index in [1.54, 1.807) is 0 Å². The number of para-hydroxylation sites is 1. The smallest absolute Gasteiger partial charge is 0.191 e. The lowest BCUT2D eigenvalue weighted by Gasteiger charge is -2.14. The first kappa shape index (κ1) is 19.1. The minimum Gasteiger partial charge on any atom is -0.488 e. The number of fused-ring (bicyclic) bond motifs is 1. The van der Waals surface area contributed by atoms with Gasteiger partial charge in [0.2, 0.25) is 0 Å². The van der Waals surface area contributed by atoms with Gasteiger partial charge in [0.15, 0.2) is 5.96 Å². The number of nitrogens with zero attached hydrogens (tertiary/aromatic N) is 1. The zero-order chi connectivity index (χ0) is 15.1. The van der Waals surface area contributed by atoms with Gasteiger partial charge in [0.05, 0.1) is 6.54 Å². The van der Waals surface area contributed by atoms with Crippen molar-refractivity contribution < 1.29 is 4.74 Å². The number of hydrogen-bond donors (Lipinski definition) is 2. The summed E-state index contributed by atoms with van der Waals surface area (Å²) in [6.45, 7) is 9.06. The maximum absolute atomic E-state index is 5.92. The molecule has 0 amide bonds. The lowest BCUT2D eigenvalue weighted by molar-refractivity contribution is 0.241. The fourth-order valence-electron chi connectivity index (χ4n) is 2.37. The SMILES string of the molecule is CCNC(=NCC1Cc2ccccc2O1)NCCC(C)C.I. The Morgan fingerprint density at radius 1 is 1.32 bits per heavy atom. The Hall–Kier alpha value is -0.980. The zero-order valence-corrected chi connectivity index (χ0v) is 16.1. The Bertz CT molecular complexity index is 452. The first-order valence-corrected chi connectivity index (χ1v) is 7.95. The molecule has 124 valence electrons. The molecule has 5 heteroatoms. The molecule has 0 aromatic heterocycles. The Balaban J connectivity index is 0.00000242. The van der Waals surface area contributed by atoms with Crippen LogP contribution in [0.3, 0.4) is 0 Å². The van der Waals surface area contributed by atoms with Crippen LogP contribution in [0.15, 0.2) is 29.3 Å². The average Bonchev–Trinajstić information content (AvgIpc) is 2.87. The zero-order valence-electron chi connectivity index (χ0n) is 13.8. The van der Waals surface area contributed by atoms with Gasteiger partial charge < -0.3 is 15.4 Å². The number of ether oxygens (including phenoxy) is 1. The molecule has 0 radical (unpaired) electrons. The monoisotopic (exact) mass is 417 g/mol. The van der Waals surface area contributed by atoms with Crippen LogP contribution in [0, 0.1) is 5.92 Å².